The summed E-state index contributed by atoms with van der Waals surface area (Å²) in [6.07, 6.45) is 7.04. The highest BCUT2D eigenvalue weighted by atomic mass is 16.2. The number of amides is 3. The quantitative estimate of drug-likeness (QED) is 0.765. The molecule has 1 aromatic heterocycles. The van der Waals surface area contributed by atoms with E-state index >= 15 is 0 Å². The Labute approximate surface area is 154 Å². The average Bonchev–Trinajstić information content (AvgIpc) is 2.94. The summed E-state index contributed by atoms with van der Waals surface area (Å²) in [5, 5.41) is 4.77. The van der Waals surface area contributed by atoms with Gasteiger partial charge in [-0.2, -0.15) is 5.10 Å². The topological polar surface area (TPSA) is 61.7 Å². The zero-order valence-electron chi connectivity index (χ0n) is 16.1. The fraction of sp³-hybridized carbons (Fsp3) is 0.737. The Morgan fingerprint density at radius 3 is 2.46 bits per heavy atom. The molecule has 7 heteroatoms. The van der Waals surface area contributed by atoms with Crippen LogP contribution in [0.25, 0.3) is 0 Å². The molecule has 0 N–H and O–H groups in total. The molecule has 1 aromatic rings. The highest BCUT2D eigenvalue weighted by Gasteiger charge is 2.47. The number of carbonyl (C=O) groups excluding carboxylic acids is 2. The number of hydrogen-bond acceptors (Lipinski definition) is 3. The van der Waals surface area contributed by atoms with Crippen molar-refractivity contribution in [2.75, 3.05) is 33.7 Å². The SMILES string of the molecule is CN(C)C(=O)N1CCC2(CC1)CN(C(=O)C1CCC1)Cc1cn(C)nc12. The minimum absolute atomic E-state index is 0.0688. The van der Waals surface area contributed by atoms with Crippen molar-refractivity contribution in [1.82, 2.24) is 24.5 Å². The van der Waals surface area contributed by atoms with Crippen LogP contribution >= 0.6 is 0 Å². The highest BCUT2D eigenvalue weighted by Crippen LogP contribution is 2.42. The molecule has 3 aliphatic rings. The van der Waals surface area contributed by atoms with E-state index in [4.69, 9.17) is 5.10 Å². The van der Waals surface area contributed by atoms with Crippen molar-refractivity contribution in [3.63, 3.8) is 0 Å². The zero-order valence-corrected chi connectivity index (χ0v) is 16.1. The van der Waals surface area contributed by atoms with Gasteiger partial charge in [0.1, 0.15) is 0 Å². The summed E-state index contributed by atoms with van der Waals surface area (Å²) in [6.45, 7) is 2.87. The fourth-order valence-electron chi connectivity index (χ4n) is 4.67. The van der Waals surface area contributed by atoms with E-state index in [0.29, 0.717) is 12.5 Å². The van der Waals surface area contributed by atoms with Gasteiger partial charge in [0.25, 0.3) is 0 Å². The minimum atomic E-state index is -0.114. The standard InChI is InChI=1S/C19H29N5O2/c1-21(2)18(26)23-9-7-19(8-10-23)13-24(17(25)14-5-4-6-14)12-15-11-22(3)20-16(15)19/h11,14H,4-10,12-13H2,1-3H3. The molecule has 1 saturated heterocycles. The summed E-state index contributed by atoms with van der Waals surface area (Å²) in [4.78, 5) is 30.8. The Balaban J connectivity index is 1.58. The van der Waals surface area contributed by atoms with Crippen LogP contribution in [0.1, 0.15) is 43.4 Å². The van der Waals surface area contributed by atoms with E-state index in [0.717, 1.165) is 51.0 Å². The first-order valence-electron chi connectivity index (χ1n) is 9.68. The van der Waals surface area contributed by atoms with Crippen LogP contribution in [-0.2, 0) is 23.8 Å². The number of likely N-dealkylation sites (tertiary alicyclic amines) is 1. The van der Waals surface area contributed by atoms with E-state index in [9.17, 15) is 9.59 Å². The Hall–Kier alpha value is -2.05. The Morgan fingerprint density at radius 1 is 1.19 bits per heavy atom. The largest absolute Gasteiger partial charge is 0.337 e. The zero-order chi connectivity index (χ0) is 18.5. The number of nitrogens with zero attached hydrogens (tertiary/aromatic N) is 5. The molecule has 1 saturated carbocycles. The number of aromatic nitrogens is 2. The number of urea groups is 1. The number of fused-ring (bicyclic) bond motifs is 2. The summed E-state index contributed by atoms with van der Waals surface area (Å²) in [5.41, 5.74) is 2.21. The van der Waals surface area contributed by atoms with Gasteiger partial charge in [-0.15, -0.1) is 0 Å². The van der Waals surface area contributed by atoms with Gasteiger partial charge in [0.15, 0.2) is 0 Å². The second-order valence-electron chi connectivity index (χ2n) is 8.44. The highest BCUT2D eigenvalue weighted by molar-refractivity contribution is 5.80. The van der Waals surface area contributed by atoms with Crippen LogP contribution in [0.15, 0.2) is 6.20 Å². The monoisotopic (exact) mass is 359 g/mol. The lowest BCUT2D eigenvalue weighted by molar-refractivity contribution is -0.140. The molecule has 1 spiro atoms. The van der Waals surface area contributed by atoms with Crippen LogP contribution < -0.4 is 0 Å². The third-order valence-electron chi connectivity index (χ3n) is 6.40. The smallest absolute Gasteiger partial charge is 0.319 e. The molecular formula is C19H29N5O2. The van der Waals surface area contributed by atoms with Gasteiger partial charge in [0.2, 0.25) is 5.91 Å². The molecule has 1 aliphatic carbocycles. The van der Waals surface area contributed by atoms with Crippen LogP contribution in [0.5, 0.6) is 0 Å². The first kappa shape index (κ1) is 17.4. The van der Waals surface area contributed by atoms with Gasteiger partial charge in [0.05, 0.1) is 5.69 Å². The predicted octanol–water partition coefficient (Wildman–Crippen LogP) is 1.58. The molecule has 7 nitrogen and oxygen atoms in total. The maximum absolute atomic E-state index is 12.9. The Kier molecular flexibility index (Phi) is 4.20. The van der Waals surface area contributed by atoms with Crippen LogP contribution in [0.2, 0.25) is 0 Å². The summed E-state index contributed by atoms with van der Waals surface area (Å²) < 4.78 is 1.88. The molecule has 3 heterocycles. The molecule has 4 rings (SSSR count). The maximum atomic E-state index is 12.9. The normalized spacial score (nSPS) is 22.1. The number of aryl methyl sites for hydroxylation is 1. The second kappa shape index (κ2) is 6.28. The number of piperidine rings is 1. The lowest BCUT2D eigenvalue weighted by Crippen LogP contribution is -2.56. The van der Waals surface area contributed by atoms with Crippen molar-refractivity contribution < 1.29 is 9.59 Å². The minimum Gasteiger partial charge on any atom is -0.337 e. The second-order valence-corrected chi connectivity index (χ2v) is 8.44. The molecule has 142 valence electrons. The summed E-state index contributed by atoms with van der Waals surface area (Å²) in [5.74, 6) is 0.539. The van der Waals surface area contributed by atoms with Gasteiger partial charge < -0.3 is 14.7 Å². The fourth-order valence-corrected chi connectivity index (χ4v) is 4.67. The third-order valence-corrected chi connectivity index (χ3v) is 6.40. The van der Waals surface area contributed by atoms with Crippen LogP contribution in [0.4, 0.5) is 4.79 Å². The van der Waals surface area contributed by atoms with Gasteiger partial charge in [-0.25, -0.2) is 4.79 Å². The number of rotatable bonds is 1. The lowest BCUT2D eigenvalue weighted by Gasteiger charge is -2.47. The molecule has 2 fully saturated rings. The van der Waals surface area contributed by atoms with Gasteiger partial charge in [-0.1, -0.05) is 6.42 Å². The van der Waals surface area contributed by atoms with E-state index in [2.05, 4.69) is 11.1 Å². The van der Waals surface area contributed by atoms with Crippen LogP contribution in [0, 0.1) is 5.92 Å². The molecule has 3 amide bonds. The van der Waals surface area contributed by atoms with Crippen molar-refractivity contribution in [3.8, 4) is 0 Å². The predicted molar refractivity (Wildman–Crippen MR) is 97.5 cm³/mol. The first-order chi connectivity index (χ1) is 12.4. The molecule has 0 aromatic carbocycles. The van der Waals surface area contributed by atoms with Crippen LogP contribution in [0.3, 0.4) is 0 Å². The molecule has 0 bridgehead atoms. The Bertz CT molecular complexity index is 714. The first-order valence-corrected chi connectivity index (χ1v) is 9.68. The van der Waals surface area contributed by atoms with Gasteiger partial charge in [-0.05, 0) is 25.7 Å². The molecule has 0 radical (unpaired) electrons. The number of hydrogen-bond donors (Lipinski definition) is 0. The van der Waals surface area contributed by atoms with E-state index < -0.39 is 0 Å². The van der Waals surface area contributed by atoms with Gasteiger partial charge in [0, 0.05) is 70.4 Å². The van der Waals surface area contributed by atoms with Crippen molar-refractivity contribution in [1.29, 1.82) is 0 Å². The molecule has 0 atom stereocenters. The van der Waals surface area contributed by atoms with E-state index in [1.54, 1.807) is 19.0 Å². The van der Waals surface area contributed by atoms with Gasteiger partial charge >= 0.3 is 6.03 Å². The van der Waals surface area contributed by atoms with E-state index in [1.165, 1.54) is 12.0 Å². The molecule has 26 heavy (non-hydrogen) atoms. The molecule has 0 unspecified atom stereocenters. The van der Waals surface area contributed by atoms with Crippen molar-refractivity contribution in [3.05, 3.63) is 17.5 Å². The van der Waals surface area contributed by atoms with Crippen LogP contribution in [-0.4, -0.2) is 70.1 Å². The van der Waals surface area contributed by atoms with Crippen molar-refractivity contribution >= 4 is 11.9 Å². The maximum Gasteiger partial charge on any atom is 0.319 e. The summed E-state index contributed by atoms with van der Waals surface area (Å²) in [6, 6.07) is 0.0688. The van der Waals surface area contributed by atoms with E-state index in [-0.39, 0.29) is 17.4 Å². The van der Waals surface area contributed by atoms with Crippen molar-refractivity contribution in [2.24, 2.45) is 13.0 Å². The lowest BCUT2D eigenvalue weighted by atomic mass is 9.71. The van der Waals surface area contributed by atoms with Crippen molar-refractivity contribution in [2.45, 2.75) is 44.1 Å². The molecular weight excluding hydrogens is 330 g/mol. The summed E-state index contributed by atoms with van der Waals surface area (Å²) >= 11 is 0. The average molecular weight is 359 g/mol. The van der Waals surface area contributed by atoms with Gasteiger partial charge in [-0.3, -0.25) is 9.48 Å². The number of carbonyl (C=O) groups is 2. The molecule has 2 aliphatic heterocycles. The van der Waals surface area contributed by atoms with E-state index in [1.807, 2.05) is 16.6 Å². The summed E-state index contributed by atoms with van der Waals surface area (Å²) in [7, 11) is 5.54. The third kappa shape index (κ3) is 2.77. The Morgan fingerprint density at radius 2 is 1.88 bits per heavy atom.